The van der Waals surface area contributed by atoms with Gasteiger partial charge in [0.2, 0.25) is 5.28 Å². The highest BCUT2D eigenvalue weighted by atomic mass is 35.5. The normalized spacial score (nSPS) is 16.8. The van der Waals surface area contributed by atoms with Crippen LogP contribution in [-0.4, -0.2) is 46.5 Å². The molecule has 2 aromatic heterocycles. The maximum Gasteiger partial charge on any atom is 0.360 e. The Morgan fingerprint density at radius 2 is 2.10 bits per heavy atom. The molecule has 1 atom stereocenters. The highest BCUT2D eigenvalue weighted by Gasteiger charge is 2.26. The van der Waals surface area contributed by atoms with E-state index in [9.17, 15) is 4.79 Å². The van der Waals surface area contributed by atoms with E-state index in [0.29, 0.717) is 5.69 Å². The average molecular weight is 417 g/mol. The van der Waals surface area contributed by atoms with Gasteiger partial charge in [0.15, 0.2) is 17.7 Å². The van der Waals surface area contributed by atoms with Crippen molar-refractivity contribution >= 4 is 28.5 Å². The molecule has 0 N–H and O–H groups in total. The van der Waals surface area contributed by atoms with Gasteiger partial charge in [0.25, 0.3) is 0 Å². The lowest BCUT2D eigenvalue weighted by Gasteiger charge is -2.23. The molecule has 1 unspecified atom stereocenters. The summed E-state index contributed by atoms with van der Waals surface area (Å²) in [5.74, 6) is -0.443. The Balaban J connectivity index is 1.95. The number of esters is 1. The lowest BCUT2D eigenvalue weighted by Crippen LogP contribution is -2.18. The highest BCUT2D eigenvalue weighted by Crippen LogP contribution is 2.39. The topological polar surface area (TPSA) is 88.4 Å². The van der Waals surface area contributed by atoms with E-state index in [4.69, 9.17) is 25.8 Å². The Morgan fingerprint density at radius 3 is 2.79 bits per heavy atom. The van der Waals surface area contributed by atoms with E-state index in [1.807, 2.05) is 23.7 Å². The molecule has 29 heavy (non-hydrogen) atoms. The summed E-state index contributed by atoms with van der Waals surface area (Å²) in [4.78, 5) is 20.6. The van der Waals surface area contributed by atoms with Crippen molar-refractivity contribution in [3.63, 3.8) is 0 Å². The van der Waals surface area contributed by atoms with Crippen LogP contribution in [0.25, 0.3) is 22.2 Å². The van der Waals surface area contributed by atoms with Gasteiger partial charge in [-0.15, -0.1) is 0 Å². The minimum atomic E-state index is -0.650. The van der Waals surface area contributed by atoms with Crippen LogP contribution in [0.3, 0.4) is 0 Å². The molecule has 8 nitrogen and oxygen atoms in total. The summed E-state index contributed by atoms with van der Waals surface area (Å²) in [6, 6.07) is 3.99. The van der Waals surface area contributed by atoms with Crippen molar-refractivity contribution in [1.82, 2.24) is 19.7 Å². The molecule has 3 heterocycles. The smallest absolute Gasteiger partial charge is 0.360 e. The molecule has 0 aliphatic carbocycles. The molecule has 1 aliphatic heterocycles. The summed E-state index contributed by atoms with van der Waals surface area (Å²) in [7, 11) is 2.73. The van der Waals surface area contributed by atoms with Crippen LogP contribution in [0.1, 0.15) is 41.5 Å². The number of methoxy groups -OCH3 is 2. The molecule has 0 bridgehead atoms. The number of carbonyl (C=O) groups is 1. The number of hydrogen-bond acceptors (Lipinski definition) is 7. The summed E-state index contributed by atoms with van der Waals surface area (Å²) >= 11 is 6.13. The van der Waals surface area contributed by atoms with E-state index in [2.05, 4.69) is 15.1 Å². The van der Waals surface area contributed by atoms with Crippen molar-refractivity contribution in [2.45, 2.75) is 32.4 Å². The minimum absolute atomic E-state index is 0.0237. The zero-order chi connectivity index (χ0) is 20.5. The van der Waals surface area contributed by atoms with Crippen molar-refractivity contribution < 1.29 is 19.0 Å². The van der Waals surface area contributed by atoms with E-state index in [1.165, 1.54) is 14.2 Å². The van der Waals surface area contributed by atoms with Gasteiger partial charge in [0, 0.05) is 17.6 Å². The Kier molecular flexibility index (Phi) is 5.38. The van der Waals surface area contributed by atoms with Gasteiger partial charge in [0.05, 0.1) is 25.9 Å². The number of fused-ring (bicyclic) bond motifs is 1. The summed E-state index contributed by atoms with van der Waals surface area (Å²) < 4.78 is 18.1. The first-order chi connectivity index (χ1) is 14.0. The molecule has 1 aromatic carbocycles. The Morgan fingerprint density at radius 1 is 1.28 bits per heavy atom. The summed E-state index contributed by atoms with van der Waals surface area (Å²) in [6.07, 6.45) is 4.76. The number of aryl methyl sites for hydroxylation is 1. The van der Waals surface area contributed by atoms with E-state index in [-0.39, 0.29) is 23.0 Å². The fourth-order valence-corrected chi connectivity index (χ4v) is 3.88. The van der Waals surface area contributed by atoms with Gasteiger partial charge < -0.3 is 14.2 Å². The predicted octanol–water partition coefficient (Wildman–Crippen LogP) is 3.95. The first-order valence-corrected chi connectivity index (χ1v) is 9.71. The number of aromatic nitrogens is 4. The van der Waals surface area contributed by atoms with E-state index in [0.717, 1.165) is 47.9 Å². The number of ether oxygens (including phenoxy) is 3. The molecule has 152 valence electrons. The van der Waals surface area contributed by atoms with Crippen LogP contribution in [0.5, 0.6) is 5.75 Å². The maximum atomic E-state index is 12.2. The molecular weight excluding hydrogens is 396 g/mol. The average Bonchev–Trinajstić information content (AvgIpc) is 3.17. The van der Waals surface area contributed by atoms with Gasteiger partial charge in [-0.25, -0.2) is 19.4 Å². The Labute approximate surface area is 172 Å². The van der Waals surface area contributed by atoms with Crippen LogP contribution in [-0.2, 0) is 9.47 Å². The van der Waals surface area contributed by atoms with Gasteiger partial charge in [0.1, 0.15) is 5.69 Å². The number of benzene rings is 1. The van der Waals surface area contributed by atoms with Crippen LogP contribution in [0.15, 0.2) is 18.3 Å². The molecule has 0 amide bonds. The third-order valence-corrected chi connectivity index (χ3v) is 5.24. The predicted molar refractivity (Wildman–Crippen MR) is 107 cm³/mol. The third-order valence-electron chi connectivity index (χ3n) is 5.08. The molecule has 4 rings (SSSR count). The Bertz CT molecular complexity index is 1080. The first-order valence-electron chi connectivity index (χ1n) is 9.33. The summed E-state index contributed by atoms with van der Waals surface area (Å²) in [5, 5.41) is 5.38. The largest absolute Gasteiger partial charge is 0.492 e. The summed E-state index contributed by atoms with van der Waals surface area (Å²) in [6.45, 7) is 2.68. The monoisotopic (exact) mass is 416 g/mol. The number of rotatable bonds is 4. The minimum Gasteiger partial charge on any atom is -0.492 e. The van der Waals surface area contributed by atoms with Gasteiger partial charge in [-0.05, 0) is 49.4 Å². The van der Waals surface area contributed by atoms with Crippen LogP contribution in [0.2, 0.25) is 5.28 Å². The number of nitrogens with zero attached hydrogens (tertiary/aromatic N) is 4. The molecule has 0 saturated carbocycles. The van der Waals surface area contributed by atoms with E-state index in [1.54, 1.807) is 6.20 Å². The number of hydrogen-bond donors (Lipinski definition) is 0. The second kappa shape index (κ2) is 7.96. The molecule has 1 aliphatic rings. The highest BCUT2D eigenvalue weighted by molar-refractivity contribution is 6.28. The quantitative estimate of drug-likeness (QED) is 0.470. The molecule has 0 radical (unpaired) electrons. The molecule has 9 heteroatoms. The first kappa shape index (κ1) is 19.6. The van der Waals surface area contributed by atoms with Crippen LogP contribution < -0.4 is 4.74 Å². The fourth-order valence-electron chi connectivity index (χ4n) is 3.71. The second-order valence-corrected chi connectivity index (χ2v) is 7.15. The van der Waals surface area contributed by atoms with Gasteiger partial charge in [-0.2, -0.15) is 5.10 Å². The van der Waals surface area contributed by atoms with Gasteiger partial charge >= 0.3 is 5.97 Å². The van der Waals surface area contributed by atoms with Crippen LogP contribution in [0.4, 0.5) is 0 Å². The van der Waals surface area contributed by atoms with Gasteiger partial charge in [-0.1, -0.05) is 6.07 Å². The van der Waals surface area contributed by atoms with Crippen molar-refractivity contribution in [3.05, 3.63) is 34.9 Å². The van der Waals surface area contributed by atoms with Crippen LogP contribution >= 0.6 is 11.6 Å². The molecule has 1 fully saturated rings. The summed E-state index contributed by atoms with van der Waals surface area (Å²) in [5.41, 5.74) is 3.01. The van der Waals surface area contributed by atoms with Crippen molar-refractivity contribution in [2.24, 2.45) is 0 Å². The fraction of sp³-hybridized carbons (Fsp3) is 0.400. The molecule has 1 saturated heterocycles. The maximum absolute atomic E-state index is 12.2. The molecular formula is C20H21ClN4O4. The zero-order valence-corrected chi connectivity index (χ0v) is 17.2. The number of carbonyl (C=O) groups excluding carboxylic acids is 1. The van der Waals surface area contributed by atoms with Crippen LogP contribution in [0, 0.1) is 6.92 Å². The van der Waals surface area contributed by atoms with Crippen molar-refractivity contribution in [2.75, 3.05) is 20.8 Å². The second-order valence-electron chi connectivity index (χ2n) is 6.82. The van der Waals surface area contributed by atoms with Crippen molar-refractivity contribution in [1.29, 1.82) is 0 Å². The Hall–Kier alpha value is -2.71. The van der Waals surface area contributed by atoms with E-state index >= 15 is 0 Å². The number of halogens is 1. The lowest BCUT2D eigenvalue weighted by atomic mass is 9.99. The van der Waals surface area contributed by atoms with E-state index < -0.39 is 5.97 Å². The van der Waals surface area contributed by atoms with Crippen molar-refractivity contribution in [3.8, 4) is 17.0 Å². The lowest BCUT2D eigenvalue weighted by molar-refractivity contribution is -0.0366. The molecule has 3 aromatic rings. The zero-order valence-electron chi connectivity index (χ0n) is 16.4. The standard InChI is InChI=1S/C20H21ClN4O4/c1-11-7-8-13-12(10-22-25(13)14-6-4-5-9-29-14)15(11)16-18(27-2)17(19(26)28-3)24-20(21)23-16/h7-8,10,14H,4-6,9H2,1-3H3. The SMILES string of the molecule is COC(=O)c1nc(Cl)nc(-c2c(C)ccc3c2cnn3C2CCCCO2)c1OC. The third kappa shape index (κ3) is 3.42. The van der Waals surface area contributed by atoms with Gasteiger partial charge in [-0.3, -0.25) is 0 Å². The molecule has 0 spiro atoms.